The molecule has 1 amide bonds. The Morgan fingerprint density at radius 1 is 1.07 bits per heavy atom. The van der Waals surface area contributed by atoms with Crippen LogP contribution in [0.15, 0.2) is 59.1 Å². The van der Waals surface area contributed by atoms with Gasteiger partial charge in [-0.15, -0.1) is 0 Å². The molecule has 2 aromatic carbocycles. The van der Waals surface area contributed by atoms with Crippen LogP contribution in [-0.2, 0) is 11.2 Å². The predicted molar refractivity (Wildman–Crippen MR) is 113 cm³/mol. The van der Waals surface area contributed by atoms with Crippen LogP contribution in [0.25, 0.3) is 11.4 Å². The van der Waals surface area contributed by atoms with Crippen molar-refractivity contribution in [2.45, 2.75) is 45.1 Å². The molecule has 0 radical (unpaired) electrons. The van der Waals surface area contributed by atoms with E-state index in [0.717, 1.165) is 30.4 Å². The molecule has 1 aromatic heterocycles. The van der Waals surface area contributed by atoms with Crippen LogP contribution in [0.4, 0.5) is 0 Å². The van der Waals surface area contributed by atoms with Gasteiger partial charge in [0.05, 0.1) is 0 Å². The third-order valence-electron chi connectivity index (χ3n) is 4.78. The Morgan fingerprint density at radius 2 is 1.83 bits per heavy atom. The Bertz CT molecular complexity index is 891. The van der Waals surface area contributed by atoms with E-state index in [0.29, 0.717) is 31.1 Å². The highest BCUT2D eigenvalue weighted by atomic mass is 16.5. The summed E-state index contributed by atoms with van der Waals surface area (Å²) in [6.45, 7) is 2.69. The van der Waals surface area contributed by atoms with E-state index < -0.39 is 0 Å². The first-order valence-electron chi connectivity index (χ1n) is 10.1. The molecule has 0 bridgehead atoms. The highest BCUT2D eigenvalue weighted by molar-refractivity contribution is 5.76. The first-order valence-corrected chi connectivity index (χ1v) is 10.1. The molecule has 29 heavy (non-hydrogen) atoms. The van der Waals surface area contributed by atoms with Crippen LogP contribution in [0, 0.1) is 6.92 Å². The predicted octanol–water partition coefficient (Wildman–Crippen LogP) is 3.96. The zero-order valence-electron chi connectivity index (χ0n) is 16.8. The molecule has 3 rings (SSSR count). The van der Waals surface area contributed by atoms with E-state index in [-0.39, 0.29) is 11.9 Å². The molecule has 0 aliphatic heterocycles. The second kappa shape index (κ2) is 10.5. The van der Waals surface area contributed by atoms with Gasteiger partial charge in [-0.25, -0.2) is 0 Å². The molecule has 0 saturated heterocycles. The van der Waals surface area contributed by atoms with Gasteiger partial charge in [0, 0.05) is 18.4 Å². The van der Waals surface area contributed by atoms with Gasteiger partial charge >= 0.3 is 0 Å². The van der Waals surface area contributed by atoms with Crippen molar-refractivity contribution in [3.8, 4) is 11.4 Å². The molecule has 0 aliphatic carbocycles. The summed E-state index contributed by atoms with van der Waals surface area (Å²) in [5.41, 5.74) is 8.67. The number of carbonyl (C=O) groups excluding carboxylic acids is 1. The van der Waals surface area contributed by atoms with Gasteiger partial charge in [-0.1, -0.05) is 71.7 Å². The van der Waals surface area contributed by atoms with E-state index in [9.17, 15) is 4.79 Å². The number of hydrogen-bond acceptors (Lipinski definition) is 5. The maximum atomic E-state index is 12.5. The monoisotopic (exact) mass is 392 g/mol. The lowest BCUT2D eigenvalue weighted by Gasteiger charge is -2.15. The topological polar surface area (TPSA) is 94.0 Å². The van der Waals surface area contributed by atoms with Crippen LogP contribution in [0.2, 0.25) is 0 Å². The lowest BCUT2D eigenvalue weighted by atomic mass is 10.1. The van der Waals surface area contributed by atoms with Gasteiger partial charge in [-0.3, -0.25) is 4.79 Å². The van der Waals surface area contributed by atoms with Crippen molar-refractivity contribution in [2.24, 2.45) is 5.73 Å². The minimum absolute atomic E-state index is 0.0157. The van der Waals surface area contributed by atoms with Gasteiger partial charge < -0.3 is 15.6 Å². The Balaban J connectivity index is 1.74. The van der Waals surface area contributed by atoms with Crippen LogP contribution in [0.5, 0.6) is 0 Å². The van der Waals surface area contributed by atoms with Crippen LogP contribution in [0.1, 0.15) is 48.7 Å². The summed E-state index contributed by atoms with van der Waals surface area (Å²) >= 11 is 0. The van der Waals surface area contributed by atoms with Gasteiger partial charge in [0.25, 0.3) is 0 Å². The van der Waals surface area contributed by atoms with Gasteiger partial charge in [-0.2, -0.15) is 4.98 Å². The molecule has 152 valence electrons. The molecule has 6 heteroatoms. The van der Waals surface area contributed by atoms with Gasteiger partial charge in [0.1, 0.15) is 6.04 Å². The number of nitrogens with zero attached hydrogens (tertiary/aromatic N) is 2. The van der Waals surface area contributed by atoms with Crippen LogP contribution >= 0.6 is 0 Å². The fourth-order valence-electron chi connectivity index (χ4n) is 3.12. The molecule has 0 fully saturated rings. The normalized spacial score (nSPS) is 11.9. The number of aryl methyl sites for hydroxylation is 1. The Labute approximate surface area is 171 Å². The molecule has 0 saturated carbocycles. The molecular weight excluding hydrogens is 364 g/mol. The van der Waals surface area contributed by atoms with Gasteiger partial charge in [0.15, 0.2) is 0 Å². The standard InChI is InChI=1S/C23H28N4O2/c1-17-11-13-19(14-12-17)22-26-23(29-27-22)20(16-18-8-4-2-5-9-18)25-21(28)10-6-3-7-15-24/h2,4-5,8-9,11-14,20H,3,6-7,10,15-16,24H2,1H3,(H,25,28). The molecule has 1 heterocycles. The second-order valence-corrected chi connectivity index (χ2v) is 7.23. The third kappa shape index (κ3) is 6.26. The first-order chi connectivity index (χ1) is 14.2. The van der Waals surface area contributed by atoms with E-state index in [1.807, 2.05) is 61.5 Å². The van der Waals surface area contributed by atoms with Crippen molar-refractivity contribution in [1.82, 2.24) is 15.5 Å². The average Bonchev–Trinajstić information content (AvgIpc) is 3.22. The third-order valence-corrected chi connectivity index (χ3v) is 4.78. The number of nitrogens with one attached hydrogen (secondary N) is 1. The SMILES string of the molecule is Cc1ccc(-c2noc(C(Cc3ccccc3)NC(=O)CCCCCN)n2)cc1. The summed E-state index contributed by atoms with van der Waals surface area (Å²) < 4.78 is 5.54. The van der Waals surface area contributed by atoms with Crippen molar-refractivity contribution >= 4 is 5.91 Å². The summed E-state index contributed by atoms with van der Waals surface area (Å²) in [6.07, 6.45) is 3.75. The van der Waals surface area contributed by atoms with E-state index in [2.05, 4.69) is 15.5 Å². The number of aromatic nitrogens is 2. The molecular formula is C23H28N4O2. The van der Waals surface area contributed by atoms with Crippen molar-refractivity contribution in [2.75, 3.05) is 6.54 Å². The summed E-state index contributed by atoms with van der Waals surface area (Å²) in [4.78, 5) is 17.0. The van der Waals surface area contributed by atoms with E-state index in [1.54, 1.807) is 0 Å². The molecule has 1 unspecified atom stereocenters. The van der Waals surface area contributed by atoms with Crippen molar-refractivity contribution < 1.29 is 9.32 Å². The number of nitrogens with two attached hydrogens (primary N) is 1. The summed E-state index contributed by atoms with van der Waals surface area (Å²) in [5.74, 6) is 0.924. The maximum absolute atomic E-state index is 12.5. The summed E-state index contributed by atoms with van der Waals surface area (Å²) in [7, 11) is 0. The lowest BCUT2D eigenvalue weighted by Crippen LogP contribution is -2.30. The smallest absolute Gasteiger partial charge is 0.249 e. The fourth-order valence-corrected chi connectivity index (χ4v) is 3.12. The lowest BCUT2D eigenvalue weighted by molar-refractivity contribution is -0.122. The van der Waals surface area contributed by atoms with Crippen LogP contribution in [-0.4, -0.2) is 22.6 Å². The Morgan fingerprint density at radius 3 is 2.55 bits per heavy atom. The van der Waals surface area contributed by atoms with Gasteiger partial charge in [-0.05, 0) is 31.9 Å². The highest BCUT2D eigenvalue weighted by Crippen LogP contribution is 2.22. The van der Waals surface area contributed by atoms with E-state index >= 15 is 0 Å². The Hall–Kier alpha value is -2.99. The maximum Gasteiger partial charge on any atom is 0.249 e. The number of carbonyl (C=O) groups is 1. The minimum atomic E-state index is -0.369. The summed E-state index contributed by atoms with van der Waals surface area (Å²) in [6, 6.07) is 17.6. The largest absolute Gasteiger partial charge is 0.344 e. The molecule has 6 nitrogen and oxygen atoms in total. The van der Waals surface area contributed by atoms with Gasteiger partial charge in [0.2, 0.25) is 17.6 Å². The first kappa shape index (κ1) is 20.7. The van der Waals surface area contributed by atoms with Crippen molar-refractivity contribution in [1.29, 1.82) is 0 Å². The number of unbranched alkanes of at least 4 members (excludes halogenated alkanes) is 2. The van der Waals surface area contributed by atoms with E-state index in [4.69, 9.17) is 10.3 Å². The number of hydrogen-bond donors (Lipinski definition) is 2. The molecule has 3 aromatic rings. The zero-order valence-corrected chi connectivity index (χ0v) is 16.8. The zero-order chi connectivity index (χ0) is 20.5. The fraction of sp³-hybridized carbons (Fsp3) is 0.348. The molecule has 0 spiro atoms. The molecule has 3 N–H and O–H groups in total. The second-order valence-electron chi connectivity index (χ2n) is 7.23. The van der Waals surface area contributed by atoms with Crippen LogP contribution < -0.4 is 11.1 Å². The number of benzene rings is 2. The molecule has 1 atom stereocenters. The summed E-state index contributed by atoms with van der Waals surface area (Å²) in [5, 5.41) is 7.19. The highest BCUT2D eigenvalue weighted by Gasteiger charge is 2.22. The quantitative estimate of drug-likeness (QED) is 0.509. The number of rotatable bonds is 10. The Kier molecular flexibility index (Phi) is 7.53. The van der Waals surface area contributed by atoms with Crippen LogP contribution in [0.3, 0.4) is 0 Å². The average molecular weight is 393 g/mol. The molecule has 0 aliphatic rings. The van der Waals surface area contributed by atoms with Crippen molar-refractivity contribution in [3.63, 3.8) is 0 Å². The van der Waals surface area contributed by atoms with E-state index in [1.165, 1.54) is 5.56 Å². The minimum Gasteiger partial charge on any atom is -0.344 e. The number of amides is 1. The van der Waals surface area contributed by atoms with Crippen molar-refractivity contribution in [3.05, 3.63) is 71.6 Å².